The van der Waals surface area contributed by atoms with Crippen molar-refractivity contribution in [1.82, 2.24) is 14.9 Å². The molecule has 0 unspecified atom stereocenters. The fourth-order valence-electron chi connectivity index (χ4n) is 3.59. The molecule has 0 saturated carbocycles. The second-order valence-electron chi connectivity index (χ2n) is 8.41. The van der Waals surface area contributed by atoms with Crippen LogP contribution in [-0.2, 0) is 9.31 Å². The number of hydrogen-bond donors (Lipinski definition) is 1. The highest BCUT2D eigenvalue weighted by Crippen LogP contribution is 2.36. The average Bonchev–Trinajstić information content (AvgIpc) is 3.09. The number of aromatic nitrogens is 2. The summed E-state index contributed by atoms with van der Waals surface area (Å²) in [5, 5.41) is 0. The van der Waals surface area contributed by atoms with E-state index in [4.69, 9.17) is 15.0 Å². The Morgan fingerprint density at radius 1 is 1.23 bits per heavy atom. The number of nitrogens with zero attached hydrogens (tertiary/aromatic N) is 4. The summed E-state index contributed by atoms with van der Waals surface area (Å²) in [4.78, 5) is 13.7. The van der Waals surface area contributed by atoms with Crippen LogP contribution in [0.15, 0.2) is 12.4 Å². The molecule has 144 valence electrons. The van der Waals surface area contributed by atoms with Gasteiger partial charge in [-0.1, -0.05) is 0 Å². The number of likely N-dealkylation sites (N-methyl/N-ethyl adjacent to an activating group) is 1. The standard InChI is InChI=1S/C18H32BN5O2/c1-17(2)18(3,4)26-19(25-17)14-11-21-16(22-12-14)23(5)13-15-7-6-9-24(15)10-8-20/h11-12,15H,6-10,13,20H2,1-5H3/t15-/m1/s1. The van der Waals surface area contributed by atoms with Gasteiger partial charge in [0.2, 0.25) is 5.95 Å². The van der Waals surface area contributed by atoms with Gasteiger partial charge in [-0.25, -0.2) is 9.97 Å². The monoisotopic (exact) mass is 361 g/mol. The first kappa shape index (κ1) is 19.5. The molecule has 1 aromatic rings. The van der Waals surface area contributed by atoms with Gasteiger partial charge in [0, 0.05) is 50.6 Å². The van der Waals surface area contributed by atoms with E-state index in [-0.39, 0.29) is 11.2 Å². The SMILES string of the molecule is CN(C[C@H]1CCCN1CCN)c1ncc(B2OC(C)(C)C(C)(C)O2)cn1. The van der Waals surface area contributed by atoms with Gasteiger partial charge in [-0.05, 0) is 47.1 Å². The maximum atomic E-state index is 6.06. The molecule has 1 atom stereocenters. The van der Waals surface area contributed by atoms with Crippen LogP contribution in [-0.4, -0.2) is 72.5 Å². The second kappa shape index (κ2) is 7.42. The van der Waals surface area contributed by atoms with Gasteiger partial charge >= 0.3 is 7.12 Å². The summed E-state index contributed by atoms with van der Waals surface area (Å²) in [6.45, 7) is 11.9. The smallest absolute Gasteiger partial charge is 0.399 e. The number of nitrogens with two attached hydrogens (primary N) is 1. The van der Waals surface area contributed by atoms with E-state index in [1.54, 1.807) is 0 Å². The Hall–Kier alpha value is -1.22. The Morgan fingerprint density at radius 2 is 1.85 bits per heavy atom. The molecule has 2 saturated heterocycles. The molecule has 0 aromatic carbocycles. The molecule has 0 aliphatic carbocycles. The highest BCUT2D eigenvalue weighted by molar-refractivity contribution is 6.61. The summed E-state index contributed by atoms with van der Waals surface area (Å²) in [5.41, 5.74) is 5.86. The fraction of sp³-hybridized carbons (Fsp3) is 0.778. The van der Waals surface area contributed by atoms with Gasteiger partial charge in [-0.3, -0.25) is 4.90 Å². The van der Waals surface area contributed by atoms with Crippen LogP contribution in [0.3, 0.4) is 0 Å². The zero-order chi connectivity index (χ0) is 18.9. The summed E-state index contributed by atoms with van der Waals surface area (Å²) in [7, 11) is 1.62. The zero-order valence-electron chi connectivity index (χ0n) is 16.7. The van der Waals surface area contributed by atoms with Gasteiger partial charge < -0.3 is 19.9 Å². The normalized spacial score (nSPS) is 25.0. The van der Waals surface area contributed by atoms with Crippen molar-refractivity contribution in [3.05, 3.63) is 12.4 Å². The van der Waals surface area contributed by atoms with Crippen LogP contribution < -0.4 is 16.1 Å². The summed E-state index contributed by atoms with van der Waals surface area (Å²) in [6.07, 6.45) is 6.07. The van der Waals surface area contributed by atoms with E-state index < -0.39 is 7.12 Å². The Labute approximate surface area is 157 Å². The summed E-state index contributed by atoms with van der Waals surface area (Å²) in [6, 6.07) is 0.523. The minimum absolute atomic E-state index is 0.359. The molecule has 2 fully saturated rings. The van der Waals surface area contributed by atoms with Gasteiger partial charge in [0.15, 0.2) is 0 Å². The van der Waals surface area contributed by atoms with Gasteiger partial charge in [-0.2, -0.15) is 0 Å². The minimum Gasteiger partial charge on any atom is -0.399 e. The number of likely N-dealkylation sites (tertiary alicyclic amines) is 1. The van der Waals surface area contributed by atoms with Crippen molar-refractivity contribution in [3.8, 4) is 0 Å². The lowest BCUT2D eigenvalue weighted by Crippen LogP contribution is -2.42. The third kappa shape index (κ3) is 3.88. The van der Waals surface area contributed by atoms with E-state index in [1.807, 2.05) is 47.1 Å². The number of hydrogen-bond acceptors (Lipinski definition) is 7. The summed E-state index contributed by atoms with van der Waals surface area (Å²) >= 11 is 0. The van der Waals surface area contributed by atoms with Crippen LogP contribution in [0.1, 0.15) is 40.5 Å². The van der Waals surface area contributed by atoms with E-state index in [2.05, 4.69) is 19.8 Å². The van der Waals surface area contributed by atoms with Crippen LogP contribution in [0, 0.1) is 0 Å². The predicted molar refractivity (Wildman–Crippen MR) is 105 cm³/mol. The second-order valence-corrected chi connectivity index (χ2v) is 8.41. The molecule has 1 aromatic heterocycles. The van der Waals surface area contributed by atoms with Crippen molar-refractivity contribution in [2.24, 2.45) is 5.73 Å². The molecule has 3 heterocycles. The van der Waals surface area contributed by atoms with E-state index in [9.17, 15) is 0 Å². The predicted octanol–water partition coefficient (Wildman–Crippen LogP) is 0.635. The first-order chi connectivity index (χ1) is 12.2. The van der Waals surface area contributed by atoms with E-state index in [0.717, 1.165) is 31.0 Å². The van der Waals surface area contributed by atoms with Gasteiger partial charge in [0.25, 0.3) is 0 Å². The van der Waals surface area contributed by atoms with Crippen molar-refractivity contribution in [3.63, 3.8) is 0 Å². The van der Waals surface area contributed by atoms with Crippen molar-refractivity contribution < 1.29 is 9.31 Å². The van der Waals surface area contributed by atoms with Gasteiger partial charge in [0.1, 0.15) is 0 Å². The minimum atomic E-state index is -0.422. The molecule has 2 N–H and O–H groups in total. The molecule has 0 bridgehead atoms. The lowest BCUT2D eigenvalue weighted by atomic mass is 9.81. The molecule has 0 spiro atoms. The summed E-state index contributed by atoms with van der Waals surface area (Å²) < 4.78 is 12.1. The van der Waals surface area contributed by atoms with Crippen molar-refractivity contribution in [1.29, 1.82) is 0 Å². The fourth-order valence-corrected chi connectivity index (χ4v) is 3.59. The Bertz CT molecular complexity index is 594. The van der Waals surface area contributed by atoms with E-state index in [1.165, 1.54) is 12.8 Å². The van der Waals surface area contributed by atoms with Crippen LogP contribution in [0.4, 0.5) is 5.95 Å². The highest BCUT2D eigenvalue weighted by Gasteiger charge is 2.52. The highest BCUT2D eigenvalue weighted by atomic mass is 16.7. The van der Waals surface area contributed by atoms with E-state index in [0.29, 0.717) is 12.6 Å². The maximum Gasteiger partial charge on any atom is 0.498 e. The molecular formula is C18H32BN5O2. The topological polar surface area (TPSA) is 76.7 Å². The molecule has 2 aliphatic rings. The zero-order valence-corrected chi connectivity index (χ0v) is 16.7. The van der Waals surface area contributed by atoms with Crippen LogP contribution >= 0.6 is 0 Å². The first-order valence-corrected chi connectivity index (χ1v) is 9.56. The quantitative estimate of drug-likeness (QED) is 0.745. The molecule has 2 aliphatic heterocycles. The van der Waals surface area contributed by atoms with Gasteiger partial charge in [0.05, 0.1) is 11.2 Å². The van der Waals surface area contributed by atoms with Crippen LogP contribution in [0.25, 0.3) is 0 Å². The average molecular weight is 361 g/mol. The lowest BCUT2D eigenvalue weighted by Gasteiger charge is -2.32. The Balaban J connectivity index is 1.63. The third-order valence-corrected chi connectivity index (χ3v) is 5.93. The maximum absolute atomic E-state index is 6.06. The first-order valence-electron chi connectivity index (χ1n) is 9.56. The van der Waals surface area contributed by atoms with Crippen LogP contribution in [0.5, 0.6) is 0 Å². The number of anilines is 1. The Morgan fingerprint density at radius 3 is 2.42 bits per heavy atom. The molecule has 3 rings (SSSR count). The van der Waals surface area contributed by atoms with Crippen molar-refractivity contribution in [2.75, 3.05) is 38.1 Å². The van der Waals surface area contributed by atoms with E-state index >= 15 is 0 Å². The van der Waals surface area contributed by atoms with Crippen molar-refractivity contribution in [2.45, 2.75) is 57.8 Å². The molecule has 8 heteroatoms. The van der Waals surface area contributed by atoms with Crippen molar-refractivity contribution >= 4 is 18.5 Å². The Kier molecular flexibility index (Phi) is 5.58. The third-order valence-electron chi connectivity index (χ3n) is 5.93. The molecule has 0 radical (unpaired) electrons. The lowest BCUT2D eigenvalue weighted by molar-refractivity contribution is 0.00578. The largest absolute Gasteiger partial charge is 0.498 e. The molecule has 26 heavy (non-hydrogen) atoms. The molecular weight excluding hydrogens is 329 g/mol. The van der Waals surface area contributed by atoms with Gasteiger partial charge in [-0.15, -0.1) is 0 Å². The molecule has 7 nitrogen and oxygen atoms in total. The molecule has 0 amide bonds. The van der Waals surface area contributed by atoms with Crippen LogP contribution in [0.2, 0.25) is 0 Å². The summed E-state index contributed by atoms with van der Waals surface area (Å²) in [5.74, 6) is 0.727. The number of rotatable bonds is 6.